The molecule has 1 unspecified atom stereocenters. The molecule has 0 aromatic heterocycles. The molecule has 64 valence electrons. The minimum Gasteiger partial charge on any atom is -0.370 e. The molecule has 1 atom stereocenters. The van der Waals surface area contributed by atoms with Crippen LogP contribution in [0.2, 0.25) is 0 Å². The Labute approximate surface area is 70.6 Å². The third-order valence-electron chi connectivity index (χ3n) is 1.46. The van der Waals surface area contributed by atoms with E-state index in [2.05, 4.69) is 22.8 Å². The molecular weight excluding hydrogens is 156 g/mol. The number of nitrogens with one attached hydrogen (secondary N) is 1. The number of nitrogens with zero attached hydrogens (tertiary/aromatic N) is 1. The van der Waals surface area contributed by atoms with Crippen molar-refractivity contribution in [2.45, 2.75) is 13.0 Å². The molecular formula is C8H10N2O2. The number of ether oxygens (including phenoxy) is 1. The lowest BCUT2D eigenvalue weighted by Crippen LogP contribution is -2.26. The standard InChI is InChI=1S/C8H10N2O2/c1-5(2)7(12-3)6-4-9-8(11)10-6/h7H,1H2,2-3H3,(H,10,11). The third-order valence-corrected chi connectivity index (χ3v) is 1.46. The normalized spacial score (nSPS) is 17.2. The second kappa shape index (κ2) is 3.34. The van der Waals surface area contributed by atoms with Gasteiger partial charge < -0.3 is 4.74 Å². The van der Waals surface area contributed by atoms with Crippen LogP contribution in [0.1, 0.15) is 6.92 Å². The summed E-state index contributed by atoms with van der Waals surface area (Å²) in [6, 6.07) is -0.409. The molecule has 0 saturated carbocycles. The smallest absolute Gasteiger partial charge is 0.353 e. The number of amides is 2. The van der Waals surface area contributed by atoms with Crippen molar-refractivity contribution in [2.24, 2.45) is 4.99 Å². The van der Waals surface area contributed by atoms with Gasteiger partial charge in [-0.15, -0.1) is 4.99 Å². The Kier molecular flexibility index (Phi) is 2.43. The Balaban J connectivity index is 2.76. The van der Waals surface area contributed by atoms with E-state index in [1.807, 2.05) is 6.92 Å². The summed E-state index contributed by atoms with van der Waals surface area (Å²) in [6.07, 6.45) is -0.319. The highest BCUT2D eigenvalue weighted by Crippen LogP contribution is 2.10. The first-order valence-electron chi connectivity index (χ1n) is 3.48. The van der Waals surface area contributed by atoms with Crippen LogP contribution in [0.5, 0.6) is 0 Å². The van der Waals surface area contributed by atoms with Crippen LogP contribution in [-0.4, -0.2) is 25.1 Å². The number of carbonyl (C=O) groups is 1. The second-order valence-electron chi connectivity index (χ2n) is 2.53. The number of hydrogen-bond donors (Lipinski definition) is 1. The zero-order valence-electron chi connectivity index (χ0n) is 7.05. The molecule has 1 heterocycles. The number of hydrogen-bond acceptors (Lipinski definition) is 2. The Hall–Kier alpha value is -1.38. The average Bonchev–Trinajstić information content (AvgIpc) is 2.37. The maximum absolute atomic E-state index is 10.7. The van der Waals surface area contributed by atoms with Crippen LogP contribution in [0.15, 0.2) is 22.8 Å². The second-order valence-corrected chi connectivity index (χ2v) is 2.53. The van der Waals surface area contributed by atoms with Gasteiger partial charge in [0.15, 0.2) is 0 Å². The van der Waals surface area contributed by atoms with Gasteiger partial charge in [0.05, 0.1) is 0 Å². The average molecular weight is 166 g/mol. The number of rotatable bonds is 3. The van der Waals surface area contributed by atoms with Gasteiger partial charge in [0.25, 0.3) is 0 Å². The van der Waals surface area contributed by atoms with E-state index in [-0.39, 0.29) is 6.10 Å². The lowest BCUT2D eigenvalue weighted by atomic mass is 10.1. The maximum Gasteiger partial charge on any atom is 0.353 e. The van der Waals surface area contributed by atoms with Gasteiger partial charge in [-0.25, -0.2) is 4.79 Å². The molecule has 4 heteroatoms. The van der Waals surface area contributed by atoms with Crippen molar-refractivity contribution in [3.05, 3.63) is 17.8 Å². The Morgan fingerprint density at radius 1 is 1.83 bits per heavy atom. The zero-order chi connectivity index (χ0) is 9.14. The van der Waals surface area contributed by atoms with Gasteiger partial charge >= 0.3 is 6.03 Å². The molecule has 1 aliphatic rings. The van der Waals surface area contributed by atoms with E-state index in [1.54, 1.807) is 7.11 Å². The fourth-order valence-corrected chi connectivity index (χ4v) is 0.972. The number of methoxy groups -OCH3 is 1. The fraction of sp³-hybridized carbons (Fsp3) is 0.375. The summed E-state index contributed by atoms with van der Waals surface area (Å²) < 4.78 is 5.07. The van der Waals surface area contributed by atoms with E-state index in [4.69, 9.17) is 4.74 Å². The van der Waals surface area contributed by atoms with Crippen LogP contribution in [-0.2, 0) is 4.74 Å². The summed E-state index contributed by atoms with van der Waals surface area (Å²) in [7, 11) is 1.54. The van der Waals surface area contributed by atoms with Crippen molar-refractivity contribution in [3.8, 4) is 0 Å². The van der Waals surface area contributed by atoms with E-state index < -0.39 is 6.03 Å². The molecule has 1 aliphatic heterocycles. The number of aliphatic imine (C=N–C) groups is 1. The summed E-state index contributed by atoms with van der Waals surface area (Å²) >= 11 is 0. The van der Waals surface area contributed by atoms with Crippen molar-refractivity contribution < 1.29 is 9.53 Å². The van der Waals surface area contributed by atoms with Crippen LogP contribution in [0.25, 0.3) is 0 Å². The first kappa shape index (κ1) is 8.71. The summed E-state index contributed by atoms with van der Waals surface area (Å²) in [4.78, 5) is 14.1. The number of carbonyl (C=O) groups excluding carboxylic acids is 1. The summed E-state index contributed by atoms with van der Waals surface area (Å²) in [5.41, 5.74) is 1.33. The lowest BCUT2D eigenvalue weighted by molar-refractivity contribution is 0.156. The molecule has 1 N–H and O–H groups in total. The highest BCUT2D eigenvalue weighted by atomic mass is 16.5. The molecule has 0 aromatic carbocycles. The van der Waals surface area contributed by atoms with Crippen LogP contribution in [0.4, 0.5) is 4.79 Å². The molecule has 0 radical (unpaired) electrons. The zero-order valence-corrected chi connectivity index (χ0v) is 7.05. The molecule has 0 spiro atoms. The maximum atomic E-state index is 10.7. The molecule has 0 aliphatic carbocycles. The van der Waals surface area contributed by atoms with Crippen molar-refractivity contribution >= 4 is 11.9 Å². The predicted molar refractivity (Wildman–Crippen MR) is 45.1 cm³/mol. The molecule has 0 saturated heterocycles. The van der Waals surface area contributed by atoms with Crippen molar-refractivity contribution in [2.75, 3.05) is 7.11 Å². The van der Waals surface area contributed by atoms with Gasteiger partial charge in [-0.2, -0.15) is 0 Å². The summed E-state index contributed by atoms with van der Waals surface area (Å²) in [5, 5.41) is 2.50. The van der Waals surface area contributed by atoms with Crippen molar-refractivity contribution in [1.82, 2.24) is 5.32 Å². The SMILES string of the molecule is C=C(C)C(OC)C1=C=NC(=O)N1. The molecule has 2 amide bonds. The molecule has 0 fully saturated rings. The Bertz CT molecular complexity index is 287. The number of urea groups is 1. The largest absolute Gasteiger partial charge is 0.370 e. The minimum absolute atomic E-state index is 0.319. The monoisotopic (exact) mass is 166 g/mol. The van der Waals surface area contributed by atoms with Gasteiger partial charge in [0, 0.05) is 13.0 Å². The van der Waals surface area contributed by atoms with E-state index in [0.29, 0.717) is 5.70 Å². The highest BCUT2D eigenvalue weighted by Gasteiger charge is 2.19. The van der Waals surface area contributed by atoms with Gasteiger partial charge in [-0.05, 0) is 12.5 Å². The third kappa shape index (κ3) is 1.61. The van der Waals surface area contributed by atoms with Crippen LogP contribution in [0, 0.1) is 0 Å². The quantitative estimate of drug-likeness (QED) is 0.632. The summed E-state index contributed by atoms with van der Waals surface area (Å²) in [5.74, 6) is 2.53. The topological polar surface area (TPSA) is 50.7 Å². The highest BCUT2D eigenvalue weighted by molar-refractivity contribution is 5.91. The van der Waals surface area contributed by atoms with Gasteiger partial charge in [0.1, 0.15) is 11.8 Å². The molecule has 0 aromatic rings. The molecule has 4 nitrogen and oxygen atoms in total. The molecule has 1 rings (SSSR count). The van der Waals surface area contributed by atoms with E-state index >= 15 is 0 Å². The van der Waals surface area contributed by atoms with Gasteiger partial charge in [0.2, 0.25) is 0 Å². The molecule has 0 bridgehead atoms. The molecule has 12 heavy (non-hydrogen) atoms. The van der Waals surface area contributed by atoms with Gasteiger partial charge in [-0.1, -0.05) is 6.58 Å². The van der Waals surface area contributed by atoms with E-state index in [0.717, 1.165) is 5.57 Å². The van der Waals surface area contributed by atoms with Gasteiger partial charge in [-0.3, -0.25) is 5.32 Å². The Morgan fingerprint density at radius 2 is 2.50 bits per heavy atom. The van der Waals surface area contributed by atoms with Crippen LogP contribution < -0.4 is 5.32 Å². The van der Waals surface area contributed by atoms with E-state index in [9.17, 15) is 4.79 Å². The first-order chi connectivity index (χ1) is 5.65. The first-order valence-corrected chi connectivity index (χ1v) is 3.48. The lowest BCUT2D eigenvalue weighted by Gasteiger charge is -2.14. The minimum atomic E-state index is -0.409. The van der Waals surface area contributed by atoms with E-state index in [1.165, 1.54) is 0 Å². The van der Waals surface area contributed by atoms with Crippen molar-refractivity contribution in [1.29, 1.82) is 0 Å². The van der Waals surface area contributed by atoms with Crippen LogP contribution >= 0.6 is 0 Å². The fourth-order valence-electron chi connectivity index (χ4n) is 0.972. The predicted octanol–water partition coefficient (Wildman–Crippen LogP) is 0.854. The summed E-state index contributed by atoms with van der Waals surface area (Å²) in [6.45, 7) is 5.53. The van der Waals surface area contributed by atoms with Crippen LogP contribution in [0.3, 0.4) is 0 Å². The Morgan fingerprint density at radius 3 is 2.83 bits per heavy atom. The van der Waals surface area contributed by atoms with Crippen molar-refractivity contribution in [3.63, 3.8) is 0 Å².